The molecule has 0 saturated carbocycles. The van der Waals surface area contributed by atoms with Gasteiger partial charge in [0, 0.05) is 40.9 Å². The number of ether oxygens (including phenoxy) is 1. The Bertz CT molecular complexity index is 1050. The van der Waals surface area contributed by atoms with E-state index < -0.39 is 11.5 Å². The average molecular weight is 406 g/mol. The van der Waals surface area contributed by atoms with E-state index in [0.29, 0.717) is 39.8 Å². The molecule has 0 amide bonds. The number of halogens is 2. The van der Waals surface area contributed by atoms with E-state index in [4.69, 9.17) is 32.4 Å². The number of rotatable bonds is 1. The van der Waals surface area contributed by atoms with Crippen LogP contribution in [0, 0.1) is 12.3 Å². The topological polar surface area (TPSA) is 69.4 Å². The van der Waals surface area contributed by atoms with E-state index in [9.17, 15) is 9.59 Å². The van der Waals surface area contributed by atoms with Crippen LogP contribution in [0.5, 0.6) is 5.88 Å². The average Bonchev–Trinajstić information content (AvgIpc) is 2.51. The number of carbonyl (C=O) groups is 1. The van der Waals surface area contributed by atoms with Gasteiger partial charge in [-0.05, 0) is 17.5 Å². The predicted octanol–water partition coefficient (Wildman–Crippen LogP) is 4.82. The first-order valence-corrected chi connectivity index (χ1v) is 9.33. The summed E-state index contributed by atoms with van der Waals surface area (Å²) in [5, 5.41) is 0.731. The third-order valence-electron chi connectivity index (χ3n) is 4.91. The molecule has 5 nitrogen and oxygen atoms in total. The van der Waals surface area contributed by atoms with Crippen molar-refractivity contribution in [3.05, 3.63) is 67.0 Å². The van der Waals surface area contributed by atoms with Gasteiger partial charge >= 0.3 is 5.63 Å². The first-order valence-electron chi connectivity index (χ1n) is 8.57. The molecule has 2 aliphatic rings. The highest BCUT2D eigenvalue weighted by atomic mass is 35.5. The van der Waals surface area contributed by atoms with Gasteiger partial charge in [0.05, 0.1) is 5.92 Å². The number of fused-ring (bicyclic) bond motifs is 1. The van der Waals surface area contributed by atoms with Crippen molar-refractivity contribution in [2.75, 3.05) is 0 Å². The number of aryl methyl sites for hydroxylation is 1. The lowest BCUT2D eigenvalue weighted by atomic mass is 9.70. The van der Waals surface area contributed by atoms with Crippen molar-refractivity contribution in [2.45, 2.75) is 39.5 Å². The molecular weight excluding hydrogens is 389 g/mol. The summed E-state index contributed by atoms with van der Waals surface area (Å²) < 4.78 is 11.1. The Balaban J connectivity index is 2.06. The van der Waals surface area contributed by atoms with Crippen molar-refractivity contribution in [3.63, 3.8) is 0 Å². The van der Waals surface area contributed by atoms with Gasteiger partial charge < -0.3 is 9.15 Å². The van der Waals surface area contributed by atoms with Gasteiger partial charge in [0.25, 0.3) is 0 Å². The summed E-state index contributed by atoms with van der Waals surface area (Å²) in [7, 11) is 0. The maximum atomic E-state index is 13.1. The van der Waals surface area contributed by atoms with E-state index in [1.165, 1.54) is 0 Å². The summed E-state index contributed by atoms with van der Waals surface area (Å²) in [4.78, 5) is 30.0. The minimum atomic E-state index is -0.766. The third kappa shape index (κ3) is 2.99. The first kappa shape index (κ1) is 18.3. The number of carbonyl (C=O) groups excluding carboxylic acids is 1. The van der Waals surface area contributed by atoms with Gasteiger partial charge in [-0.3, -0.25) is 4.79 Å². The predicted molar refractivity (Wildman–Crippen MR) is 101 cm³/mol. The third-order valence-corrected chi connectivity index (χ3v) is 5.57. The van der Waals surface area contributed by atoms with Gasteiger partial charge in [-0.2, -0.15) is 4.98 Å². The number of Topliss-reactive ketones (excluding diaryl/α,β-unsaturated/α-hetero) is 1. The maximum Gasteiger partial charge on any atom is 0.346 e. The lowest BCUT2D eigenvalue weighted by Gasteiger charge is -2.37. The largest absolute Gasteiger partial charge is 0.442 e. The number of nitrogens with zero attached hydrogens (tertiary/aromatic N) is 1. The Kier molecular flexibility index (Phi) is 4.20. The number of allylic oxidation sites excluding steroid dienone is 2. The fraction of sp³-hybridized carbons (Fsp3) is 0.350. The number of benzene rings is 1. The van der Waals surface area contributed by atoms with Crippen LogP contribution >= 0.6 is 23.2 Å². The lowest BCUT2D eigenvalue weighted by Crippen LogP contribution is -2.35. The highest BCUT2D eigenvalue weighted by Gasteiger charge is 2.45. The standard InChI is InChI=1S/C20H17Cl2NO4/c1-9-23-18-17(19(25)26-9)16(14-10(21)5-4-6-11(14)22)15-12(24)7-20(2,3)8-13(15)27-18/h4-6,16H,7-8H2,1-3H3. The molecule has 140 valence electrons. The molecule has 7 heteroatoms. The molecule has 2 aromatic rings. The van der Waals surface area contributed by atoms with E-state index in [1.54, 1.807) is 25.1 Å². The first-order chi connectivity index (χ1) is 12.7. The molecule has 0 fully saturated rings. The molecule has 0 radical (unpaired) electrons. The highest BCUT2D eigenvalue weighted by molar-refractivity contribution is 6.36. The molecule has 27 heavy (non-hydrogen) atoms. The minimum Gasteiger partial charge on any atom is -0.442 e. The van der Waals surface area contributed by atoms with Gasteiger partial charge in [-0.15, -0.1) is 0 Å². The Morgan fingerprint density at radius 1 is 1.11 bits per heavy atom. The van der Waals surface area contributed by atoms with Crippen LogP contribution in [0.25, 0.3) is 0 Å². The van der Waals surface area contributed by atoms with Crippen molar-refractivity contribution >= 4 is 29.0 Å². The van der Waals surface area contributed by atoms with E-state index in [2.05, 4.69) is 4.98 Å². The Hall–Kier alpha value is -2.11. The fourth-order valence-electron chi connectivity index (χ4n) is 3.85. The van der Waals surface area contributed by atoms with Crippen LogP contribution in [0.2, 0.25) is 10.0 Å². The summed E-state index contributed by atoms with van der Waals surface area (Å²) in [6, 6.07) is 5.07. The van der Waals surface area contributed by atoms with Crippen molar-refractivity contribution in [3.8, 4) is 5.88 Å². The monoisotopic (exact) mass is 405 g/mol. The van der Waals surface area contributed by atoms with Crippen LogP contribution in [-0.4, -0.2) is 10.8 Å². The van der Waals surface area contributed by atoms with Crippen molar-refractivity contribution < 1.29 is 13.9 Å². The van der Waals surface area contributed by atoms with Crippen molar-refractivity contribution in [1.29, 1.82) is 0 Å². The number of ketones is 1. The summed E-state index contributed by atoms with van der Waals surface area (Å²) in [6.45, 7) is 5.58. The summed E-state index contributed by atoms with van der Waals surface area (Å²) in [6.07, 6.45) is 0.890. The van der Waals surface area contributed by atoms with Crippen LogP contribution in [0.1, 0.15) is 49.6 Å². The number of hydrogen-bond acceptors (Lipinski definition) is 5. The summed E-state index contributed by atoms with van der Waals surface area (Å²) >= 11 is 12.9. The molecule has 0 N–H and O–H groups in total. The summed E-state index contributed by atoms with van der Waals surface area (Å²) in [5.41, 5.74) is 0.195. The molecule has 0 spiro atoms. The van der Waals surface area contributed by atoms with Gasteiger partial charge in [0.15, 0.2) is 11.7 Å². The van der Waals surface area contributed by atoms with Crippen LogP contribution in [0.3, 0.4) is 0 Å². The second-order valence-electron chi connectivity index (χ2n) is 7.69. The molecule has 0 bridgehead atoms. The molecule has 4 rings (SSSR count). The van der Waals surface area contributed by atoms with Crippen molar-refractivity contribution in [1.82, 2.24) is 4.98 Å². The van der Waals surface area contributed by atoms with Gasteiger partial charge in [0.1, 0.15) is 11.3 Å². The molecule has 1 unspecified atom stereocenters. The lowest BCUT2D eigenvalue weighted by molar-refractivity contribution is -0.118. The minimum absolute atomic E-state index is 0.0899. The molecular formula is C20H17Cl2NO4. The molecule has 0 saturated heterocycles. The zero-order chi connectivity index (χ0) is 19.5. The molecule has 1 atom stereocenters. The highest BCUT2D eigenvalue weighted by Crippen LogP contribution is 2.50. The quantitative estimate of drug-likeness (QED) is 0.680. The zero-order valence-electron chi connectivity index (χ0n) is 15.1. The van der Waals surface area contributed by atoms with Crippen LogP contribution in [0.4, 0.5) is 0 Å². The number of aromatic nitrogens is 1. The summed E-state index contributed by atoms with van der Waals surface area (Å²) in [5.74, 6) is -0.00446. The molecule has 1 aliphatic heterocycles. The Morgan fingerprint density at radius 3 is 2.44 bits per heavy atom. The van der Waals surface area contributed by atoms with Gasteiger partial charge in [0.2, 0.25) is 5.88 Å². The van der Waals surface area contributed by atoms with Crippen LogP contribution < -0.4 is 10.4 Å². The van der Waals surface area contributed by atoms with E-state index in [-0.39, 0.29) is 28.5 Å². The molecule has 1 aromatic heterocycles. The van der Waals surface area contributed by atoms with E-state index in [0.717, 1.165) is 0 Å². The van der Waals surface area contributed by atoms with E-state index >= 15 is 0 Å². The maximum absolute atomic E-state index is 13.1. The molecule has 1 aliphatic carbocycles. The molecule has 2 heterocycles. The van der Waals surface area contributed by atoms with E-state index in [1.807, 2.05) is 13.8 Å². The van der Waals surface area contributed by atoms with Crippen LogP contribution in [0.15, 0.2) is 38.7 Å². The zero-order valence-corrected chi connectivity index (χ0v) is 16.6. The van der Waals surface area contributed by atoms with Gasteiger partial charge in [-0.1, -0.05) is 43.1 Å². The Morgan fingerprint density at radius 2 is 1.78 bits per heavy atom. The Labute approximate surface area is 166 Å². The normalized spacial score (nSPS) is 20.8. The second kappa shape index (κ2) is 6.21. The van der Waals surface area contributed by atoms with Gasteiger partial charge in [-0.25, -0.2) is 4.79 Å². The fourth-order valence-corrected chi connectivity index (χ4v) is 4.46. The SMILES string of the molecule is Cc1nc2c(c(=O)o1)C(c1c(Cl)cccc1Cl)C1=C(CC(C)(C)CC1=O)O2. The van der Waals surface area contributed by atoms with Crippen LogP contribution in [-0.2, 0) is 4.79 Å². The second-order valence-corrected chi connectivity index (χ2v) is 8.50. The molecule has 1 aromatic carbocycles. The smallest absolute Gasteiger partial charge is 0.346 e. The number of hydrogen-bond donors (Lipinski definition) is 0. The van der Waals surface area contributed by atoms with Crippen molar-refractivity contribution in [2.24, 2.45) is 5.41 Å².